The minimum atomic E-state index is 0.503. The summed E-state index contributed by atoms with van der Waals surface area (Å²) in [6.45, 7) is 4.14. The van der Waals surface area contributed by atoms with Gasteiger partial charge in [0.15, 0.2) is 0 Å². The van der Waals surface area contributed by atoms with Gasteiger partial charge < -0.3 is 15.2 Å². The molecule has 1 aliphatic heterocycles. The number of hydrazine groups is 1. The van der Waals surface area contributed by atoms with E-state index in [2.05, 4.69) is 39.3 Å². The summed E-state index contributed by atoms with van der Waals surface area (Å²) < 4.78 is 0. The Hall–Kier alpha value is -1.40. The van der Waals surface area contributed by atoms with Crippen LogP contribution in [0.3, 0.4) is 0 Å². The zero-order chi connectivity index (χ0) is 13.1. The quantitative estimate of drug-likeness (QED) is 0.605. The molecular weight excluding hydrogens is 228 g/mol. The molecule has 1 atom stereocenters. The number of piperidine rings is 1. The van der Waals surface area contributed by atoms with Crippen molar-refractivity contribution < 1.29 is 0 Å². The molecule has 2 heterocycles. The number of aryl methyl sites for hydroxylation is 1. The molecular formula is C12H22N6. The summed E-state index contributed by atoms with van der Waals surface area (Å²) in [7, 11) is 4.25. The number of likely N-dealkylation sites (N-methyl/N-ethyl adjacent to an activating group) is 2. The Morgan fingerprint density at radius 1 is 1.50 bits per heavy atom. The average Bonchev–Trinajstić information content (AvgIpc) is 2.37. The highest BCUT2D eigenvalue weighted by Gasteiger charge is 2.22. The highest BCUT2D eigenvalue weighted by Crippen LogP contribution is 2.21. The molecule has 6 nitrogen and oxygen atoms in total. The molecule has 0 spiro atoms. The molecule has 0 amide bonds. The standard InChI is InChI=1S/C12H22N6/c1-9-14-11(16-13)7-12(15-9)18(3)10-5-4-6-17(2)8-10/h7,10H,4-6,8,13H2,1-3H3,(H,14,15,16). The van der Waals surface area contributed by atoms with Crippen LogP contribution in [0.15, 0.2) is 6.07 Å². The number of nitrogens with zero attached hydrogens (tertiary/aromatic N) is 4. The summed E-state index contributed by atoms with van der Waals surface area (Å²) in [6.07, 6.45) is 2.44. The maximum atomic E-state index is 5.42. The molecule has 0 bridgehead atoms. The van der Waals surface area contributed by atoms with Crippen LogP contribution in [0.25, 0.3) is 0 Å². The lowest BCUT2D eigenvalue weighted by molar-refractivity contribution is 0.247. The summed E-state index contributed by atoms with van der Waals surface area (Å²) in [4.78, 5) is 13.3. The first kappa shape index (κ1) is 13.0. The number of hydrogen-bond donors (Lipinski definition) is 2. The SMILES string of the molecule is Cc1nc(NN)cc(N(C)C2CCCN(C)C2)n1. The maximum absolute atomic E-state index is 5.42. The van der Waals surface area contributed by atoms with Crippen LogP contribution in [0.5, 0.6) is 0 Å². The predicted octanol–water partition coefficient (Wildman–Crippen LogP) is 0.601. The van der Waals surface area contributed by atoms with Crippen LogP contribution < -0.4 is 16.2 Å². The van der Waals surface area contributed by atoms with Gasteiger partial charge in [0.1, 0.15) is 17.5 Å². The fourth-order valence-corrected chi connectivity index (χ4v) is 2.45. The van der Waals surface area contributed by atoms with Gasteiger partial charge in [-0.25, -0.2) is 15.8 Å². The first-order valence-corrected chi connectivity index (χ1v) is 6.34. The van der Waals surface area contributed by atoms with Gasteiger partial charge in [0.05, 0.1) is 0 Å². The average molecular weight is 250 g/mol. The van der Waals surface area contributed by atoms with Crippen molar-refractivity contribution in [1.82, 2.24) is 14.9 Å². The normalized spacial score (nSPS) is 20.8. The number of anilines is 2. The lowest BCUT2D eigenvalue weighted by Crippen LogP contribution is -2.45. The molecule has 100 valence electrons. The molecule has 1 aromatic heterocycles. The molecule has 0 saturated carbocycles. The summed E-state index contributed by atoms with van der Waals surface area (Å²) in [5.41, 5.74) is 2.59. The molecule has 1 aromatic rings. The van der Waals surface area contributed by atoms with Gasteiger partial charge in [0.25, 0.3) is 0 Å². The lowest BCUT2D eigenvalue weighted by atomic mass is 10.1. The maximum Gasteiger partial charge on any atom is 0.145 e. The van der Waals surface area contributed by atoms with Crippen LogP contribution in [-0.4, -0.2) is 48.1 Å². The molecule has 0 radical (unpaired) electrons. The van der Waals surface area contributed by atoms with E-state index in [1.54, 1.807) is 0 Å². The van der Waals surface area contributed by atoms with Gasteiger partial charge >= 0.3 is 0 Å². The van der Waals surface area contributed by atoms with Crippen LogP contribution in [-0.2, 0) is 0 Å². The second kappa shape index (κ2) is 5.49. The summed E-state index contributed by atoms with van der Waals surface area (Å²) in [6, 6.07) is 2.39. The van der Waals surface area contributed by atoms with Gasteiger partial charge in [-0.2, -0.15) is 0 Å². The second-order valence-electron chi connectivity index (χ2n) is 4.97. The minimum absolute atomic E-state index is 0.503. The third-order valence-corrected chi connectivity index (χ3v) is 3.48. The van der Waals surface area contributed by atoms with Gasteiger partial charge in [-0.05, 0) is 33.4 Å². The van der Waals surface area contributed by atoms with E-state index in [0.717, 1.165) is 18.2 Å². The fourth-order valence-electron chi connectivity index (χ4n) is 2.45. The molecule has 1 unspecified atom stereocenters. The molecule has 0 aliphatic carbocycles. The van der Waals surface area contributed by atoms with Gasteiger partial charge in [0.2, 0.25) is 0 Å². The topological polar surface area (TPSA) is 70.3 Å². The minimum Gasteiger partial charge on any atom is -0.355 e. The number of hydrogen-bond acceptors (Lipinski definition) is 6. The van der Waals surface area contributed by atoms with Gasteiger partial charge in [-0.3, -0.25) is 0 Å². The second-order valence-corrected chi connectivity index (χ2v) is 4.97. The highest BCUT2D eigenvalue weighted by molar-refractivity contribution is 5.49. The van der Waals surface area contributed by atoms with Crippen LogP contribution in [0.2, 0.25) is 0 Å². The van der Waals surface area contributed by atoms with Gasteiger partial charge in [-0.15, -0.1) is 0 Å². The first-order chi connectivity index (χ1) is 8.60. The van der Waals surface area contributed by atoms with Crippen LogP contribution in [0, 0.1) is 6.92 Å². The summed E-state index contributed by atoms with van der Waals surface area (Å²) >= 11 is 0. The number of likely N-dealkylation sites (tertiary alicyclic amines) is 1. The third-order valence-electron chi connectivity index (χ3n) is 3.48. The highest BCUT2D eigenvalue weighted by atomic mass is 15.3. The van der Waals surface area contributed by atoms with E-state index >= 15 is 0 Å². The summed E-state index contributed by atoms with van der Waals surface area (Å²) in [5.74, 6) is 7.74. The van der Waals surface area contributed by atoms with Gasteiger partial charge in [0, 0.05) is 25.7 Å². The van der Waals surface area contributed by atoms with Crippen molar-refractivity contribution in [3.05, 3.63) is 11.9 Å². The first-order valence-electron chi connectivity index (χ1n) is 6.34. The van der Waals surface area contributed by atoms with E-state index < -0.39 is 0 Å². The molecule has 1 fully saturated rings. The Morgan fingerprint density at radius 2 is 2.28 bits per heavy atom. The number of aromatic nitrogens is 2. The number of nitrogen functional groups attached to an aromatic ring is 1. The Bertz CT molecular complexity index is 408. The fraction of sp³-hybridized carbons (Fsp3) is 0.667. The Balaban J connectivity index is 2.16. The van der Waals surface area contributed by atoms with E-state index in [0.29, 0.717) is 11.9 Å². The number of nitrogens with two attached hydrogens (primary N) is 1. The molecule has 0 aromatic carbocycles. The molecule has 1 aliphatic rings. The van der Waals surface area contributed by atoms with E-state index in [1.807, 2.05) is 13.0 Å². The van der Waals surface area contributed by atoms with Crippen molar-refractivity contribution in [1.29, 1.82) is 0 Å². The number of nitrogens with one attached hydrogen (secondary N) is 1. The molecule has 3 N–H and O–H groups in total. The zero-order valence-electron chi connectivity index (χ0n) is 11.3. The van der Waals surface area contributed by atoms with Crippen LogP contribution >= 0.6 is 0 Å². The van der Waals surface area contributed by atoms with Crippen LogP contribution in [0.4, 0.5) is 11.6 Å². The smallest absolute Gasteiger partial charge is 0.145 e. The van der Waals surface area contributed by atoms with E-state index in [4.69, 9.17) is 5.84 Å². The predicted molar refractivity (Wildman–Crippen MR) is 73.5 cm³/mol. The van der Waals surface area contributed by atoms with Crippen molar-refractivity contribution >= 4 is 11.6 Å². The zero-order valence-corrected chi connectivity index (χ0v) is 11.3. The van der Waals surface area contributed by atoms with Crippen molar-refractivity contribution in [3.8, 4) is 0 Å². The summed E-state index contributed by atoms with van der Waals surface area (Å²) in [5, 5.41) is 0. The Morgan fingerprint density at radius 3 is 2.94 bits per heavy atom. The number of rotatable bonds is 3. The van der Waals surface area contributed by atoms with Crippen LogP contribution in [0.1, 0.15) is 18.7 Å². The van der Waals surface area contributed by atoms with Crippen molar-refractivity contribution in [2.75, 3.05) is 37.5 Å². The monoisotopic (exact) mass is 250 g/mol. The van der Waals surface area contributed by atoms with Crippen molar-refractivity contribution in [2.45, 2.75) is 25.8 Å². The van der Waals surface area contributed by atoms with Gasteiger partial charge in [-0.1, -0.05) is 0 Å². The molecule has 18 heavy (non-hydrogen) atoms. The molecule has 1 saturated heterocycles. The molecule has 6 heteroatoms. The van der Waals surface area contributed by atoms with E-state index in [-0.39, 0.29) is 0 Å². The van der Waals surface area contributed by atoms with E-state index in [1.165, 1.54) is 19.4 Å². The largest absolute Gasteiger partial charge is 0.355 e. The molecule has 2 rings (SSSR count). The van der Waals surface area contributed by atoms with Crippen molar-refractivity contribution in [3.63, 3.8) is 0 Å². The Labute approximate surface area is 108 Å². The lowest BCUT2D eigenvalue weighted by Gasteiger charge is -2.36. The van der Waals surface area contributed by atoms with Crippen molar-refractivity contribution in [2.24, 2.45) is 5.84 Å². The third kappa shape index (κ3) is 2.88. The Kier molecular flexibility index (Phi) is 3.98. The van der Waals surface area contributed by atoms with E-state index in [9.17, 15) is 0 Å².